The molecule has 0 fully saturated rings. The van der Waals surface area contributed by atoms with Crippen LogP contribution in [0.4, 0.5) is 5.69 Å². The molecule has 17 heavy (non-hydrogen) atoms. The Kier molecular flexibility index (Phi) is 3.25. The molecule has 0 saturated heterocycles. The number of nitrogen functional groups attached to an aromatic ring is 1. The second kappa shape index (κ2) is 4.68. The van der Waals surface area contributed by atoms with Gasteiger partial charge in [-0.1, -0.05) is 23.7 Å². The van der Waals surface area contributed by atoms with Gasteiger partial charge in [0, 0.05) is 16.3 Å². The second-order valence-corrected chi connectivity index (χ2v) is 4.35. The maximum absolute atomic E-state index is 6.01. The van der Waals surface area contributed by atoms with E-state index in [4.69, 9.17) is 22.1 Å². The molecule has 0 aliphatic carbocycles. The quantitative estimate of drug-likeness (QED) is 0.817. The van der Waals surface area contributed by atoms with Crippen LogP contribution in [0.3, 0.4) is 0 Å². The minimum Gasteiger partial charge on any atom is -0.496 e. The van der Waals surface area contributed by atoms with Crippen molar-refractivity contribution in [1.29, 1.82) is 0 Å². The van der Waals surface area contributed by atoms with Gasteiger partial charge in [0.25, 0.3) is 0 Å². The molecule has 0 bridgehead atoms. The number of anilines is 1. The van der Waals surface area contributed by atoms with Crippen LogP contribution in [0.2, 0.25) is 5.02 Å². The molecule has 0 spiro atoms. The monoisotopic (exact) mass is 247 g/mol. The zero-order valence-electron chi connectivity index (χ0n) is 9.83. The van der Waals surface area contributed by atoms with Crippen molar-refractivity contribution in [2.45, 2.75) is 6.92 Å². The summed E-state index contributed by atoms with van der Waals surface area (Å²) in [4.78, 5) is 0. The van der Waals surface area contributed by atoms with Crippen molar-refractivity contribution in [3.8, 4) is 16.9 Å². The number of methoxy groups -OCH3 is 1. The largest absolute Gasteiger partial charge is 0.496 e. The van der Waals surface area contributed by atoms with E-state index in [0.717, 1.165) is 28.1 Å². The predicted octanol–water partition coefficient (Wildman–Crippen LogP) is 3.91. The highest BCUT2D eigenvalue weighted by atomic mass is 35.5. The highest BCUT2D eigenvalue weighted by Gasteiger charge is 2.07. The van der Waals surface area contributed by atoms with Crippen molar-refractivity contribution >= 4 is 17.3 Å². The molecule has 2 N–H and O–H groups in total. The molecule has 0 aromatic heterocycles. The molecule has 2 aromatic rings. The van der Waals surface area contributed by atoms with Gasteiger partial charge in [-0.05, 0) is 42.3 Å². The van der Waals surface area contributed by atoms with Crippen LogP contribution in [0.5, 0.6) is 5.75 Å². The third-order valence-corrected chi connectivity index (χ3v) is 2.99. The maximum Gasteiger partial charge on any atom is 0.126 e. The van der Waals surface area contributed by atoms with Crippen molar-refractivity contribution in [3.63, 3.8) is 0 Å². The first kappa shape index (κ1) is 11.8. The van der Waals surface area contributed by atoms with Gasteiger partial charge in [-0.3, -0.25) is 0 Å². The van der Waals surface area contributed by atoms with E-state index in [1.807, 2.05) is 37.3 Å². The molecule has 0 heterocycles. The van der Waals surface area contributed by atoms with Gasteiger partial charge in [0.1, 0.15) is 5.75 Å². The SMILES string of the molecule is COc1ccc(Cl)cc1-c1ccc(C)c(N)c1. The third kappa shape index (κ3) is 2.37. The van der Waals surface area contributed by atoms with Gasteiger partial charge in [0.2, 0.25) is 0 Å². The minimum atomic E-state index is 0.681. The van der Waals surface area contributed by atoms with Gasteiger partial charge >= 0.3 is 0 Å². The first-order valence-corrected chi connectivity index (χ1v) is 5.69. The molecule has 88 valence electrons. The summed E-state index contributed by atoms with van der Waals surface area (Å²) < 4.78 is 5.33. The maximum atomic E-state index is 6.01. The Hall–Kier alpha value is -1.67. The number of hydrogen-bond acceptors (Lipinski definition) is 2. The van der Waals surface area contributed by atoms with Gasteiger partial charge in [-0.15, -0.1) is 0 Å². The summed E-state index contributed by atoms with van der Waals surface area (Å²) in [5.74, 6) is 0.789. The molecule has 0 aliphatic rings. The normalized spacial score (nSPS) is 10.3. The highest BCUT2D eigenvalue weighted by molar-refractivity contribution is 6.31. The number of halogens is 1. The molecule has 0 atom stereocenters. The summed E-state index contributed by atoms with van der Waals surface area (Å²) in [7, 11) is 1.64. The molecule has 2 nitrogen and oxygen atoms in total. The van der Waals surface area contributed by atoms with Crippen LogP contribution in [0, 0.1) is 6.92 Å². The van der Waals surface area contributed by atoms with Crippen LogP contribution in [-0.4, -0.2) is 7.11 Å². The van der Waals surface area contributed by atoms with E-state index < -0.39 is 0 Å². The molecular weight excluding hydrogens is 234 g/mol. The van der Waals surface area contributed by atoms with Crippen molar-refractivity contribution < 1.29 is 4.74 Å². The molecule has 3 heteroatoms. The first-order chi connectivity index (χ1) is 8.11. The van der Waals surface area contributed by atoms with Gasteiger partial charge in [0.15, 0.2) is 0 Å². The second-order valence-electron chi connectivity index (χ2n) is 3.92. The predicted molar refractivity (Wildman–Crippen MR) is 72.6 cm³/mol. The summed E-state index contributed by atoms with van der Waals surface area (Å²) in [6.45, 7) is 1.98. The third-order valence-electron chi connectivity index (χ3n) is 2.75. The first-order valence-electron chi connectivity index (χ1n) is 5.32. The van der Waals surface area contributed by atoms with Crippen LogP contribution < -0.4 is 10.5 Å². The number of aryl methyl sites for hydroxylation is 1. The van der Waals surface area contributed by atoms with Crippen LogP contribution in [0.1, 0.15) is 5.56 Å². The summed E-state index contributed by atoms with van der Waals surface area (Å²) in [6.07, 6.45) is 0. The Morgan fingerprint density at radius 1 is 1.12 bits per heavy atom. The van der Waals surface area contributed by atoms with E-state index in [2.05, 4.69) is 0 Å². The van der Waals surface area contributed by atoms with E-state index in [1.165, 1.54) is 0 Å². The minimum absolute atomic E-state index is 0.681. The molecule has 0 unspecified atom stereocenters. The lowest BCUT2D eigenvalue weighted by atomic mass is 10.0. The highest BCUT2D eigenvalue weighted by Crippen LogP contribution is 2.33. The Morgan fingerprint density at radius 2 is 1.88 bits per heavy atom. The van der Waals surface area contributed by atoms with Gasteiger partial charge in [-0.25, -0.2) is 0 Å². The smallest absolute Gasteiger partial charge is 0.126 e. The fourth-order valence-electron chi connectivity index (χ4n) is 1.71. The van der Waals surface area contributed by atoms with Crippen molar-refractivity contribution in [1.82, 2.24) is 0 Å². The fraction of sp³-hybridized carbons (Fsp3) is 0.143. The van der Waals surface area contributed by atoms with Gasteiger partial charge in [0.05, 0.1) is 7.11 Å². The number of rotatable bonds is 2. The van der Waals surface area contributed by atoms with Crippen LogP contribution in [0.25, 0.3) is 11.1 Å². The lowest BCUT2D eigenvalue weighted by Gasteiger charge is -2.10. The zero-order chi connectivity index (χ0) is 12.4. The van der Waals surface area contributed by atoms with Crippen LogP contribution in [-0.2, 0) is 0 Å². The lowest BCUT2D eigenvalue weighted by Crippen LogP contribution is -1.92. The van der Waals surface area contributed by atoms with Crippen LogP contribution in [0.15, 0.2) is 36.4 Å². The Bertz CT molecular complexity index is 552. The Morgan fingerprint density at radius 3 is 2.53 bits per heavy atom. The van der Waals surface area contributed by atoms with Crippen LogP contribution >= 0.6 is 11.6 Å². The fourth-order valence-corrected chi connectivity index (χ4v) is 1.89. The topological polar surface area (TPSA) is 35.2 Å². The molecule has 0 aliphatic heterocycles. The van der Waals surface area contributed by atoms with E-state index in [-0.39, 0.29) is 0 Å². The lowest BCUT2D eigenvalue weighted by molar-refractivity contribution is 0.416. The summed E-state index contributed by atoms with van der Waals surface area (Å²) in [5, 5.41) is 0.681. The van der Waals surface area contributed by atoms with Crippen molar-refractivity contribution in [2.24, 2.45) is 0 Å². The van der Waals surface area contributed by atoms with E-state index >= 15 is 0 Å². The molecule has 0 saturated carbocycles. The van der Waals surface area contributed by atoms with Gasteiger partial charge < -0.3 is 10.5 Å². The van der Waals surface area contributed by atoms with Crippen molar-refractivity contribution in [3.05, 3.63) is 47.0 Å². The van der Waals surface area contributed by atoms with Crippen molar-refractivity contribution in [2.75, 3.05) is 12.8 Å². The Labute approximate surface area is 106 Å². The number of ether oxygens (including phenoxy) is 1. The molecule has 0 radical (unpaired) electrons. The number of nitrogens with two attached hydrogens (primary N) is 1. The Balaban J connectivity index is 2.58. The average molecular weight is 248 g/mol. The molecule has 2 aromatic carbocycles. The van der Waals surface area contributed by atoms with Gasteiger partial charge in [-0.2, -0.15) is 0 Å². The molecule has 0 amide bonds. The number of hydrogen-bond donors (Lipinski definition) is 1. The van der Waals surface area contributed by atoms with E-state index in [0.29, 0.717) is 5.02 Å². The number of benzene rings is 2. The summed E-state index contributed by atoms with van der Waals surface area (Å²) in [6, 6.07) is 11.5. The zero-order valence-corrected chi connectivity index (χ0v) is 10.6. The van der Waals surface area contributed by atoms with E-state index in [1.54, 1.807) is 13.2 Å². The average Bonchev–Trinajstić information content (AvgIpc) is 2.32. The summed E-state index contributed by atoms with van der Waals surface area (Å²) in [5.41, 5.74) is 9.70. The molecular formula is C14H14ClNO. The molecule has 2 rings (SSSR count). The standard InChI is InChI=1S/C14H14ClNO/c1-9-3-4-10(7-13(9)16)12-8-11(15)5-6-14(12)17-2/h3-8H,16H2,1-2H3. The van der Waals surface area contributed by atoms with E-state index in [9.17, 15) is 0 Å². The summed E-state index contributed by atoms with van der Waals surface area (Å²) >= 11 is 6.01.